The number of hydrogen-bond acceptors (Lipinski definition) is 3. The summed E-state index contributed by atoms with van der Waals surface area (Å²) in [7, 11) is 0. The van der Waals surface area contributed by atoms with Gasteiger partial charge in [-0.3, -0.25) is 4.79 Å². The van der Waals surface area contributed by atoms with E-state index in [0.29, 0.717) is 12.0 Å². The van der Waals surface area contributed by atoms with Gasteiger partial charge in [0, 0.05) is 13.1 Å². The molecule has 1 aliphatic heterocycles. The summed E-state index contributed by atoms with van der Waals surface area (Å²) < 4.78 is 0. The standard InChI is InChI=1S/C16H30N2O2/c1-14(2)6-8-16(20,9-7-14)12-18-13(19)15(3)5-4-10-17-11-15/h17,20H,4-12H2,1-3H3,(H,18,19). The van der Waals surface area contributed by atoms with Crippen LogP contribution in [0.4, 0.5) is 0 Å². The van der Waals surface area contributed by atoms with Gasteiger partial charge in [0.05, 0.1) is 11.0 Å². The third kappa shape index (κ3) is 3.73. The Kier molecular flexibility index (Phi) is 4.45. The lowest BCUT2D eigenvalue weighted by Crippen LogP contribution is -2.53. The van der Waals surface area contributed by atoms with E-state index in [1.807, 2.05) is 6.92 Å². The fourth-order valence-corrected chi connectivity index (χ4v) is 3.28. The number of nitrogens with one attached hydrogen (secondary N) is 2. The molecule has 0 aromatic heterocycles. The van der Waals surface area contributed by atoms with E-state index in [9.17, 15) is 9.90 Å². The van der Waals surface area contributed by atoms with E-state index in [-0.39, 0.29) is 11.3 Å². The van der Waals surface area contributed by atoms with Crippen LogP contribution in [0.1, 0.15) is 59.3 Å². The highest BCUT2D eigenvalue weighted by Gasteiger charge is 2.39. The molecule has 1 atom stereocenters. The van der Waals surface area contributed by atoms with Gasteiger partial charge in [0.25, 0.3) is 0 Å². The highest BCUT2D eigenvalue weighted by Crippen LogP contribution is 2.40. The van der Waals surface area contributed by atoms with E-state index in [0.717, 1.165) is 51.6 Å². The lowest BCUT2D eigenvalue weighted by atomic mass is 9.71. The van der Waals surface area contributed by atoms with Gasteiger partial charge in [-0.1, -0.05) is 13.8 Å². The van der Waals surface area contributed by atoms with Crippen LogP contribution in [0.5, 0.6) is 0 Å². The first-order valence-electron chi connectivity index (χ1n) is 7.96. The summed E-state index contributed by atoms with van der Waals surface area (Å²) in [5.74, 6) is 0.0861. The SMILES string of the molecule is CC1(C)CCC(O)(CNC(=O)C2(C)CCCNC2)CC1. The molecule has 1 amide bonds. The lowest BCUT2D eigenvalue weighted by molar-refractivity contribution is -0.133. The van der Waals surface area contributed by atoms with Gasteiger partial charge in [0.2, 0.25) is 5.91 Å². The van der Waals surface area contributed by atoms with Gasteiger partial charge >= 0.3 is 0 Å². The fraction of sp³-hybridized carbons (Fsp3) is 0.938. The molecule has 2 fully saturated rings. The largest absolute Gasteiger partial charge is 0.388 e. The van der Waals surface area contributed by atoms with Crippen LogP contribution in [0.3, 0.4) is 0 Å². The first kappa shape index (κ1) is 15.8. The van der Waals surface area contributed by atoms with Gasteiger partial charge in [-0.25, -0.2) is 0 Å². The molecule has 0 spiro atoms. The van der Waals surface area contributed by atoms with E-state index in [2.05, 4.69) is 24.5 Å². The molecular weight excluding hydrogens is 252 g/mol. The minimum Gasteiger partial charge on any atom is -0.388 e. The molecule has 0 aromatic carbocycles. The molecule has 0 radical (unpaired) electrons. The molecular formula is C16H30N2O2. The van der Waals surface area contributed by atoms with Crippen LogP contribution in [0, 0.1) is 10.8 Å². The zero-order chi connectivity index (χ0) is 14.9. The number of carbonyl (C=O) groups excluding carboxylic acids is 1. The van der Waals surface area contributed by atoms with Crippen molar-refractivity contribution in [1.82, 2.24) is 10.6 Å². The number of carbonyl (C=O) groups is 1. The zero-order valence-corrected chi connectivity index (χ0v) is 13.2. The van der Waals surface area contributed by atoms with E-state index < -0.39 is 5.60 Å². The molecule has 0 bridgehead atoms. The maximum Gasteiger partial charge on any atom is 0.227 e. The molecule has 116 valence electrons. The van der Waals surface area contributed by atoms with E-state index in [1.165, 1.54) is 0 Å². The first-order chi connectivity index (χ1) is 9.25. The van der Waals surface area contributed by atoms with Gasteiger partial charge < -0.3 is 15.7 Å². The summed E-state index contributed by atoms with van der Waals surface area (Å²) in [5.41, 5.74) is -0.693. The quantitative estimate of drug-likeness (QED) is 0.740. The van der Waals surface area contributed by atoms with Gasteiger partial charge in [0.1, 0.15) is 0 Å². The summed E-state index contributed by atoms with van der Waals surface area (Å²) in [4.78, 5) is 12.4. The molecule has 4 heteroatoms. The number of amides is 1. The van der Waals surface area contributed by atoms with Crippen molar-refractivity contribution >= 4 is 5.91 Å². The fourth-order valence-electron chi connectivity index (χ4n) is 3.28. The molecule has 2 rings (SSSR count). The van der Waals surface area contributed by atoms with E-state index >= 15 is 0 Å². The van der Waals surface area contributed by atoms with Crippen LogP contribution < -0.4 is 10.6 Å². The Morgan fingerprint density at radius 2 is 1.80 bits per heavy atom. The third-order valence-corrected chi connectivity index (χ3v) is 5.26. The predicted molar refractivity (Wildman–Crippen MR) is 80.4 cm³/mol. The van der Waals surface area contributed by atoms with Crippen LogP contribution in [0.2, 0.25) is 0 Å². The topological polar surface area (TPSA) is 61.4 Å². The minimum atomic E-state index is -0.705. The Morgan fingerprint density at radius 3 is 2.35 bits per heavy atom. The Hall–Kier alpha value is -0.610. The smallest absolute Gasteiger partial charge is 0.227 e. The maximum atomic E-state index is 12.4. The van der Waals surface area contributed by atoms with Crippen molar-refractivity contribution in [3.8, 4) is 0 Å². The van der Waals surface area contributed by atoms with Crippen LogP contribution in [0.15, 0.2) is 0 Å². The molecule has 3 N–H and O–H groups in total. The van der Waals surface area contributed by atoms with Crippen molar-refractivity contribution < 1.29 is 9.90 Å². The number of hydrogen-bond donors (Lipinski definition) is 3. The number of piperidine rings is 1. The number of aliphatic hydroxyl groups is 1. The summed E-state index contributed by atoms with van der Waals surface area (Å²) in [6, 6.07) is 0. The summed E-state index contributed by atoms with van der Waals surface area (Å²) in [6.45, 7) is 8.66. The second kappa shape index (κ2) is 5.64. The summed E-state index contributed by atoms with van der Waals surface area (Å²) in [6.07, 6.45) is 5.60. The molecule has 2 aliphatic rings. The minimum absolute atomic E-state index is 0.0861. The van der Waals surface area contributed by atoms with E-state index in [1.54, 1.807) is 0 Å². The van der Waals surface area contributed by atoms with Crippen LogP contribution in [0.25, 0.3) is 0 Å². The van der Waals surface area contributed by atoms with Crippen LogP contribution >= 0.6 is 0 Å². The van der Waals surface area contributed by atoms with Gasteiger partial charge in [-0.15, -0.1) is 0 Å². The average molecular weight is 282 g/mol. The molecule has 20 heavy (non-hydrogen) atoms. The first-order valence-corrected chi connectivity index (χ1v) is 7.96. The Bertz CT molecular complexity index is 349. The van der Waals surface area contributed by atoms with Crippen LogP contribution in [-0.2, 0) is 4.79 Å². The lowest BCUT2D eigenvalue weighted by Gasteiger charge is -2.41. The molecule has 0 aromatic rings. The Balaban J connectivity index is 1.84. The van der Waals surface area contributed by atoms with Crippen molar-refractivity contribution in [2.45, 2.75) is 64.9 Å². The van der Waals surface area contributed by atoms with Crippen molar-refractivity contribution in [2.75, 3.05) is 19.6 Å². The second-order valence-electron chi connectivity index (χ2n) is 7.91. The normalized spacial score (nSPS) is 32.6. The molecule has 1 heterocycles. The van der Waals surface area contributed by atoms with Crippen molar-refractivity contribution in [2.24, 2.45) is 10.8 Å². The van der Waals surface area contributed by atoms with Crippen molar-refractivity contribution in [3.63, 3.8) is 0 Å². The monoisotopic (exact) mass is 282 g/mol. The van der Waals surface area contributed by atoms with Crippen molar-refractivity contribution in [3.05, 3.63) is 0 Å². The van der Waals surface area contributed by atoms with Crippen molar-refractivity contribution in [1.29, 1.82) is 0 Å². The zero-order valence-electron chi connectivity index (χ0n) is 13.2. The van der Waals surface area contributed by atoms with E-state index in [4.69, 9.17) is 0 Å². The highest BCUT2D eigenvalue weighted by molar-refractivity contribution is 5.82. The highest BCUT2D eigenvalue weighted by atomic mass is 16.3. The Morgan fingerprint density at radius 1 is 1.15 bits per heavy atom. The molecule has 1 saturated carbocycles. The maximum absolute atomic E-state index is 12.4. The molecule has 1 unspecified atom stereocenters. The van der Waals surface area contributed by atoms with Gasteiger partial charge in [0.15, 0.2) is 0 Å². The average Bonchev–Trinajstić information content (AvgIpc) is 2.41. The summed E-state index contributed by atoms with van der Waals surface area (Å²) in [5, 5.41) is 16.9. The summed E-state index contributed by atoms with van der Waals surface area (Å²) >= 11 is 0. The van der Waals surface area contributed by atoms with Gasteiger partial charge in [-0.2, -0.15) is 0 Å². The number of rotatable bonds is 3. The van der Waals surface area contributed by atoms with Crippen LogP contribution in [-0.4, -0.2) is 36.2 Å². The predicted octanol–water partition coefficient (Wildman–Crippen LogP) is 1.82. The van der Waals surface area contributed by atoms with Gasteiger partial charge in [-0.05, 0) is 57.4 Å². The molecule has 1 aliphatic carbocycles. The second-order valence-corrected chi connectivity index (χ2v) is 7.91. The third-order valence-electron chi connectivity index (χ3n) is 5.26. The Labute approximate surface area is 122 Å². The molecule has 4 nitrogen and oxygen atoms in total. The molecule has 1 saturated heterocycles.